The highest BCUT2D eigenvalue weighted by atomic mass is 35.8. The van der Waals surface area contributed by atoms with E-state index in [4.69, 9.17) is 33.2 Å². The van der Waals surface area contributed by atoms with Crippen LogP contribution in [0.1, 0.15) is 89.5 Å². The number of thiophene rings is 1. The zero-order valence-electron chi connectivity index (χ0n) is 16.6. The summed E-state index contributed by atoms with van der Waals surface area (Å²) in [6.45, 7) is 2.99. The Labute approximate surface area is 185 Å². The summed E-state index contributed by atoms with van der Waals surface area (Å²) >= 11 is 20.5. The van der Waals surface area contributed by atoms with E-state index >= 15 is 0 Å². The molecule has 1 atom stereocenters. The summed E-state index contributed by atoms with van der Waals surface area (Å²) in [4.78, 5) is 0. The van der Waals surface area contributed by atoms with E-state index in [1.807, 2.05) is 0 Å². The van der Waals surface area contributed by atoms with Gasteiger partial charge in [-0.05, 0) is 48.1 Å². The van der Waals surface area contributed by atoms with Crippen LogP contribution in [0.25, 0.3) is 0 Å². The van der Waals surface area contributed by atoms with Gasteiger partial charge in [0.1, 0.15) is 5.67 Å². The molecule has 27 heavy (non-hydrogen) atoms. The summed E-state index contributed by atoms with van der Waals surface area (Å²) in [6, 6.07) is -0.609. The van der Waals surface area contributed by atoms with Gasteiger partial charge in [-0.25, -0.2) is 0 Å². The van der Waals surface area contributed by atoms with Crippen molar-refractivity contribution in [2.24, 2.45) is 10.2 Å². The Bertz CT molecular complexity index is 478. The van der Waals surface area contributed by atoms with Gasteiger partial charge in [0.15, 0.2) is 0 Å². The average Bonchev–Trinajstić information content (AvgIpc) is 3.13. The standard InChI is InChI=1S/C20H35Cl3N2SSi/c1-2-3-4-5-6-7-11-14-20(27(21,22)23)25-24-16-12-9-8-10-13-19-15-17-26-18-19/h15,17-18,20H,2-14,16H2,1H3. The second-order valence-corrected chi connectivity index (χ2v) is 16.9. The molecule has 1 rings (SSSR count). The monoisotopic (exact) mass is 468 g/mol. The largest absolute Gasteiger partial charge is 0.366 e. The normalized spacial score (nSPS) is 13.5. The first-order valence-corrected chi connectivity index (χ1v) is 16.5. The Morgan fingerprint density at radius 1 is 0.926 bits per heavy atom. The molecule has 0 bridgehead atoms. The number of rotatable bonds is 17. The average molecular weight is 470 g/mol. The van der Waals surface area contributed by atoms with E-state index in [0.29, 0.717) is 0 Å². The molecule has 156 valence electrons. The van der Waals surface area contributed by atoms with Crippen molar-refractivity contribution in [3.8, 4) is 0 Å². The van der Waals surface area contributed by atoms with Gasteiger partial charge in [0.2, 0.25) is 0 Å². The number of hydrogen-bond acceptors (Lipinski definition) is 3. The van der Waals surface area contributed by atoms with Crippen LogP contribution in [0.2, 0.25) is 0 Å². The highest BCUT2D eigenvalue weighted by Crippen LogP contribution is 2.30. The van der Waals surface area contributed by atoms with Gasteiger partial charge in [-0.2, -0.15) is 21.6 Å². The fourth-order valence-corrected chi connectivity index (χ4v) is 5.86. The molecule has 1 heterocycles. The molecule has 0 amide bonds. The number of halogens is 3. The Hall–Kier alpha value is 0.387. The molecule has 7 heteroatoms. The van der Waals surface area contributed by atoms with Crippen LogP contribution in [0.15, 0.2) is 27.1 Å². The minimum atomic E-state index is -2.82. The van der Waals surface area contributed by atoms with Gasteiger partial charge in [-0.15, -0.1) is 33.2 Å². The molecule has 0 saturated carbocycles. The van der Waals surface area contributed by atoms with Crippen molar-refractivity contribution in [3.05, 3.63) is 22.4 Å². The third-order valence-corrected chi connectivity index (χ3v) is 8.89. The van der Waals surface area contributed by atoms with Gasteiger partial charge in [0.25, 0.3) is 0 Å². The molecular weight excluding hydrogens is 435 g/mol. The maximum atomic E-state index is 6.23. The number of nitrogens with zero attached hydrogens (tertiary/aromatic N) is 2. The van der Waals surface area contributed by atoms with Crippen molar-refractivity contribution in [3.63, 3.8) is 0 Å². The highest BCUT2D eigenvalue weighted by molar-refractivity contribution is 7.65. The molecular formula is C20H35Cl3N2SSi. The molecule has 1 aromatic heterocycles. The zero-order valence-corrected chi connectivity index (χ0v) is 20.7. The Balaban J connectivity index is 2.09. The van der Waals surface area contributed by atoms with Crippen LogP contribution in [0.5, 0.6) is 0 Å². The minimum absolute atomic E-state index is 0.184. The summed E-state index contributed by atoms with van der Waals surface area (Å²) in [6.07, 6.45) is 15.6. The quantitative estimate of drug-likeness (QED) is 0.0940. The SMILES string of the molecule is CCCCCCCCCC(N=NCCCCCCc1ccsc1)[Si](Cl)(Cl)Cl. The van der Waals surface area contributed by atoms with Crippen LogP contribution in [-0.2, 0) is 6.42 Å². The lowest BCUT2D eigenvalue weighted by molar-refractivity contribution is 0.562. The molecule has 0 aliphatic rings. The molecule has 0 N–H and O–H groups in total. The number of unbranched alkanes of at least 4 members (excludes halogenated alkanes) is 9. The van der Waals surface area contributed by atoms with Gasteiger partial charge >= 0.3 is 6.00 Å². The van der Waals surface area contributed by atoms with E-state index in [-0.39, 0.29) is 5.67 Å². The predicted octanol–water partition coefficient (Wildman–Crippen LogP) is 9.01. The first-order valence-electron chi connectivity index (χ1n) is 10.5. The van der Waals surface area contributed by atoms with Crippen LogP contribution in [0.3, 0.4) is 0 Å². The molecule has 0 aromatic carbocycles. The van der Waals surface area contributed by atoms with Crippen LogP contribution < -0.4 is 0 Å². The smallest absolute Gasteiger partial charge is 0.194 e. The Kier molecular flexibility index (Phi) is 15.3. The molecule has 0 spiro atoms. The van der Waals surface area contributed by atoms with Crippen molar-refractivity contribution in [2.45, 2.75) is 96.1 Å². The summed E-state index contributed by atoms with van der Waals surface area (Å²) in [5, 5.41) is 13.1. The van der Waals surface area contributed by atoms with Crippen LogP contribution in [-0.4, -0.2) is 18.2 Å². The van der Waals surface area contributed by atoms with E-state index < -0.39 is 6.00 Å². The Morgan fingerprint density at radius 2 is 1.59 bits per heavy atom. The fourth-order valence-electron chi connectivity index (χ4n) is 3.04. The van der Waals surface area contributed by atoms with Crippen molar-refractivity contribution in [2.75, 3.05) is 6.54 Å². The van der Waals surface area contributed by atoms with Crippen molar-refractivity contribution < 1.29 is 0 Å². The molecule has 0 radical (unpaired) electrons. The summed E-state index contributed by atoms with van der Waals surface area (Å²) in [5.74, 6) is 0. The fraction of sp³-hybridized carbons (Fsp3) is 0.800. The van der Waals surface area contributed by atoms with E-state index in [9.17, 15) is 0 Å². The predicted molar refractivity (Wildman–Crippen MR) is 126 cm³/mol. The second-order valence-electron chi connectivity index (χ2n) is 7.24. The summed E-state index contributed by atoms with van der Waals surface area (Å²) in [5.41, 5.74) is 1.28. The summed E-state index contributed by atoms with van der Waals surface area (Å²) < 4.78 is 0. The zero-order chi connectivity index (χ0) is 19.8. The number of azo groups is 1. The van der Waals surface area contributed by atoms with Crippen molar-refractivity contribution in [1.82, 2.24) is 0 Å². The number of aryl methyl sites for hydroxylation is 1. The maximum Gasteiger partial charge on any atom is 0.366 e. The van der Waals surface area contributed by atoms with Gasteiger partial charge in [-0.3, -0.25) is 0 Å². The summed E-state index contributed by atoms with van der Waals surface area (Å²) in [7, 11) is 0. The first-order chi connectivity index (χ1) is 13.0. The highest BCUT2D eigenvalue weighted by Gasteiger charge is 2.36. The molecule has 1 unspecified atom stereocenters. The Morgan fingerprint density at radius 3 is 2.26 bits per heavy atom. The van der Waals surface area contributed by atoms with Crippen LogP contribution in [0.4, 0.5) is 0 Å². The lowest BCUT2D eigenvalue weighted by Gasteiger charge is -2.16. The van der Waals surface area contributed by atoms with Gasteiger partial charge in [0, 0.05) is 0 Å². The van der Waals surface area contributed by atoms with Gasteiger partial charge in [-0.1, -0.05) is 64.7 Å². The van der Waals surface area contributed by atoms with Crippen molar-refractivity contribution >= 4 is 50.6 Å². The van der Waals surface area contributed by atoms with Crippen molar-refractivity contribution in [1.29, 1.82) is 0 Å². The first kappa shape index (κ1) is 25.4. The van der Waals surface area contributed by atoms with Crippen LogP contribution >= 0.6 is 44.6 Å². The van der Waals surface area contributed by atoms with Gasteiger partial charge < -0.3 is 0 Å². The van der Waals surface area contributed by atoms with E-state index in [0.717, 1.165) is 25.8 Å². The third-order valence-electron chi connectivity index (χ3n) is 4.73. The van der Waals surface area contributed by atoms with E-state index in [1.165, 1.54) is 69.8 Å². The lowest BCUT2D eigenvalue weighted by Crippen LogP contribution is -2.29. The topological polar surface area (TPSA) is 24.7 Å². The third kappa shape index (κ3) is 14.1. The minimum Gasteiger partial charge on any atom is -0.194 e. The molecule has 0 fully saturated rings. The molecule has 2 nitrogen and oxygen atoms in total. The van der Waals surface area contributed by atoms with Crippen LogP contribution in [0, 0.1) is 0 Å². The number of hydrogen-bond donors (Lipinski definition) is 0. The molecule has 1 aromatic rings. The second kappa shape index (κ2) is 16.2. The molecule has 0 saturated heterocycles. The van der Waals surface area contributed by atoms with Gasteiger partial charge in [0.05, 0.1) is 6.54 Å². The molecule has 0 aliphatic carbocycles. The lowest BCUT2D eigenvalue weighted by atomic mass is 10.1. The van der Waals surface area contributed by atoms with E-state index in [2.05, 4.69) is 34.0 Å². The maximum absolute atomic E-state index is 6.23. The molecule has 0 aliphatic heterocycles. The van der Waals surface area contributed by atoms with E-state index in [1.54, 1.807) is 11.3 Å².